The smallest absolute Gasteiger partial charge is 1.00 e. The van der Waals surface area contributed by atoms with Crippen molar-refractivity contribution in [1.82, 2.24) is 0 Å². The molecule has 0 aromatic rings. The predicted molar refractivity (Wildman–Crippen MR) is 40.3 cm³/mol. The molecule has 1 aliphatic heterocycles. The van der Waals surface area contributed by atoms with Crippen LogP contribution in [0.15, 0.2) is 0 Å². The monoisotopic (exact) mass is 228 g/mol. The van der Waals surface area contributed by atoms with Gasteiger partial charge in [-0.25, -0.2) is 0 Å². The Morgan fingerprint density at radius 2 is 1.64 bits per heavy atom. The van der Waals surface area contributed by atoms with Crippen LogP contribution in [-0.4, -0.2) is 13.2 Å². The number of hydrogen-bond acceptors (Lipinski definition) is 1. The maximum absolute atomic E-state index is 4.94. The van der Waals surface area contributed by atoms with E-state index in [1.54, 1.807) is 0 Å². The molecule has 1 saturated heterocycles. The van der Waals surface area contributed by atoms with Crippen LogP contribution < -0.4 is 12.4 Å². The van der Waals surface area contributed by atoms with E-state index in [0.717, 1.165) is 19.6 Å². The van der Waals surface area contributed by atoms with Gasteiger partial charge in [0.25, 0.3) is 0 Å². The van der Waals surface area contributed by atoms with Crippen LogP contribution in [0.2, 0.25) is 0 Å². The Labute approximate surface area is 89.4 Å². The van der Waals surface area contributed by atoms with Crippen molar-refractivity contribution < 1.29 is 36.6 Å². The Hall–Kier alpha value is 0.873. The van der Waals surface area contributed by atoms with Gasteiger partial charge in [0.15, 0.2) is 0 Å². The molecule has 3 heteroatoms. The van der Waals surface area contributed by atoms with Gasteiger partial charge in [0, 0.05) is 13.2 Å². The fraction of sp³-hybridized carbons (Fsp3) is 0.875. The Morgan fingerprint density at radius 1 is 1.27 bits per heavy atom. The number of rotatable bonds is 1. The first-order chi connectivity index (χ1) is 4.41. The second-order valence-corrected chi connectivity index (χ2v) is 2.17. The van der Waals surface area contributed by atoms with Crippen LogP contribution in [0.5, 0.6) is 0 Å². The summed E-state index contributed by atoms with van der Waals surface area (Å²) in [4.78, 5) is 0. The number of halogens is 1. The molecule has 0 spiro atoms. The van der Waals surface area contributed by atoms with Crippen LogP contribution in [0.25, 0.3) is 0 Å². The minimum atomic E-state index is 0. The SMILES string of the molecule is C1CCOC1.[CH2-]CCC.[Cl-].[Zn+2]. The van der Waals surface area contributed by atoms with Gasteiger partial charge in [0.05, 0.1) is 0 Å². The molecule has 11 heavy (non-hydrogen) atoms. The third-order valence-electron chi connectivity index (χ3n) is 1.18. The summed E-state index contributed by atoms with van der Waals surface area (Å²) in [7, 11) is 0. The van der Waals surface area contributed by atoms with Gasteiger partial charge in [-0.1, -0.05) is 13.3 Å². The van der Waals surface area contributed by atoms with E-state index < -0.39 is 0 Å². The van der Waals surface area contributed by atoms with Gasteiger partial charge < -0.3 is 24.1 Å². The molecule has 1 fully saturated rings. The summed E-state index contributed by atoms with van der Waals surface area (Å²) in [6, 6.07) is 0. The van der Waals surface area contributed by atoms with Crippen molar-refractivity contribution in [3.05, 3.63) is 6.92 Å². The van der Waals surface area contributed by atoms with Crippen molar-refractivity contribution in [3.63, 3.8) is 0 Å². The van der Waals surface area contributed by atoms with Gasteiger partial charge in [0.2, 0.25) is 0 Å². The standard InChI is InChI=1S/C4H8O.C4H9.ClH.Zn/c1-2-4-5-3-1;1-3-4-2;;/h1-4H2;1,3-4H2,2H3;1H;/q;-1;;+2/p-1. The van der Waals surface area contributed by atoms with Crippen LogP contribution in [0, 0.1) is 6.92 Å². The van der Waals surface area contributed by atoms with Gasteiger partial charge in [0.1, 0.15) is 0 Å². The number of unbranched alkanes of at least 4 members (excludes halogenated alkanes) is 1. The summed E-state index contributed by atoms with van der Waals surface area (Å²) in [6.45, 7) is 7.72. The second kappa shape index (κ2) is 17.1. The van der Waals surface area contributed by atoms with Crippen molar-refractivity contribution in [2.45, 2.75) is 32.6 Å². The molecule has 1 rings (SSSR count). The summed E-state index contributed by atoms with van der Waals surface area (Å²) >= 11 is 0. The van der Waals surface area contributed by atoms with Gasteiger partial charge >= 0.3 is 19.5 Å². The topological polar surface area (TPSA) is 9.23 Å². The molecule has 0 aromatic carbocycles. The van der Waals surface area contributed by atoms with Crippen LogP contribution in [0.1, 0.15) is 32.6 Å². The molecule has 0 radical (unpaired) electrons. The van der Waals surface area contributed by atoms with Gasteiger partial charge in [-0.05, 0) is 12.8 Å². The van der Waals surface area contributed by atoms with Crippen LogP contribution in [0.3, 0.4) is 0 Å². The molecule has 1 nitrogen and oxygen atoms in total. The summed E-state index contributed by atoms with van der Waals surface area (Å²) in [5.74, 6) is 0. The van der Waals surface area contributed by atoms with E-state index >= 15 is 0 Å². The minimum Gasteiger partial charge on any atom is -1.00 e. The van der Waals surface area contributed by atoms with Crippen molar-refractivity contribution in [1.29, 1.82) is 0 Å². The first-order valence-corrected chi connectivity index (χ1v) is 3.78. The Morgan fingerprint density at radius 3 is 1.73 bits per heavy atom. The van der Waals surface area contributed by atoms with E-state index in [0.29, 0.717) is 0 Å². The molecule has 64 valence electrons. The van der Waals surface area contributed by atoms with Gasteiger partial charge in [-0.3, -0.25) is 0 Å². The molecule has 0 aliphatic carbocycles. The number of ether oxygens (including phenoxy) is 1. The molecular formula is C8H17ClOZn. The molecule has 0 atom stereocenters. The summed E-state index contributed by atoms with van der Waals surface area (Å²) < 4.78 is 4.94. The first kappa shape index (κ1) is 17.8. The Kier molecular flexibility index (Phi) is 27.7. The van der Waals surface area contributed by atoms with Crippen molar-refractivity contribution in [2.24, 2.45) is 0 Å². The maximum atomic E-state index is 4.94. The van der Waals surface area contributed by atoms with E-state index in [9.17, 15) is 0 Å². The quantitative estimate of drug-likeness (QED) is 0.432. The summed E-state index contributed by atoms with van der Waals surface area (Å²) in [5, 5.41) is 0. The predicted octanol–water partition coefficient (Wildman–Crippen LogP) is -0.581. The first-order valence-electron chi connectivity index (χ1n) is 3.78. The summed E-state index contributed by atoms with van der Waals surface area (Å²) in [6.07, 6.45) is 4.83. The normalized spacial score (nSPS) is 13.6. The summed E-state index contributed by atoms with van der Waals surface area (Å²) in [5.41, 5.74) is 0. The van der Waals surface area contributed by atoms with Crippen LogP contribution in [0.4, 0.5) is 0 Å². The molecule has 0 unspecified atom stereocenters. The molecule has 1 heterocycles. The Balaban J connectivity index is -0.000000101. The zero-order valence-corrected chi connectivity index (χ0v) is 11.2. The third-order valence-corrected chi connectivity index (χ3v) is 1.18. The van der Waals surface area contributed by atoms with Gasteiger partial charge in [-0.2, -0.15) is 6.42 Å². The number of hydrogen-bond donors (Lipinski definition) is 0. The minimum absolute atomic E-state index is 0. The molecule has 1 aliphatic rings. The van der Waals surface area contributed by atoms with E-state index in [-0.39, 0.29) is 31.9 Å². The average Bonchev–Trinajstić information content (AvgIpc) is 2.43. The van der Waals surface area contributed by atoms with E-state index in [1.807, 2.05) is 0 Å². The fourth-order valence-corrected chi connectivity index (χ4v) is 0.510. The van der Waals surface area contributed by atoms with Crippen LogP contribution in [-0.2, 0) is 24.2 Å². The molecule has 0 aromatic heterocycles. The van der Waals surface area contributed by atoms with Crippen molar-refractivity contribution in [3.8, 4) is 0 Å². The van der Waals surface area contributed by atoms with Crippen molar-refractivity contribution >= 4 is 0 Å². The second-order valence-electron chi connectivity index (χ2n) is 2.17. The zero-order valence-electron chi connectivity index (χ0n) is 7.44. The molecule has 0 saturated carbocycles. The maximum Gasteiger partial charge on any atom is 2.00 e. The largest absolute Gasteiger partial charge is 2.00 e. The van der Waals surface area contributed by atoms with E-state index in [4.69, 9.17) is 4.74 Å². The average molecular weight is 230 g/mol. The van der Waals surface area contributed by atoms with E-state index in [2.05, 4.69) is 13.8 Å². The molecule has 0 bridgehead atoms. The molecule has 0 N–H and O–H groups in total. The third kappa shape index (κ3) is 18.1. The fourth-order valence-electron chi connectivity index (χ4n) is 0.510. The van der Waals surface area contributed by atoms with Crippen molar-refractivity contribution in [2.75, 3.05) is 13.2 Å². The van der Waals surface area contributed by atoms with E-state index in [1.165, 1.54) is 19.3 Å². The molecular weight excluding hydrogens is 213 g/mol. The zero-order chi connectivity index (χ0) is 6.95. The molecule has 0 amide bonds. The van der Waals surface area contributed by atoms with Gasteiger partial charge in [-0.15, -0.1) is 0 Å². The van der Waals surface area contributed by atoms with Crippen LogP contribution >= 0.6 is 0 Å². The Bertz CT molecular complexity index is 39.7.